The molecule has 2 rings (SSSR count). The maximum Gasteiger partial charge on any atom is 0.276 e. The molecule has 0 saturated heterocycles. The quantitative estimate of drug-likeness (QED) is 0.906. The minimum Gasteiger partial charge on any atom is -0.495 e. The van der Waals surface area contributed by atoms with E-state index in [1.807, 2.05) is 6.92 Å². The lowest BCUT2D eigenvalue weighted by molar-refractivity contribution is 0.102. The molecule has 0 atom stereocenters. The molecule has 0 aliphatic carbocycles. The third-order valence-electron chi connectivity index (χ3n) is 2.64. The van der Waals surface area contributed by atoms with Crippen molar-refractivity contribution in [3.63, 3.8) is 0 Å². The Labute approximate surface area is 119 Å². The molecule has 0 bridgehead atoms. The van der Waals surface area contributed by atoms with Crippen molar-refractivity contribution >= 4 is 23.2 Å². The van der Waals surface area contributed by atoms with Gasteiger partial charge in [0.25, 0.3) is 11.5 Å². The number of benzene rings is 1. The summed E-state index contributed by atoms with van der Waals surface area (Å²) < 4.78 is 5.16. The van der Waals surface area contributed by atoms with E-state index in [0.717, 1.165) is 5.56 Å². The lowest BCUT2D eigenvalue weighted by Gasteiger charge is -2.11. The lowest BCUT2D eigenvalue weighted by atomic mass is 10.2. The molecule has 0 saturated carbocycles. The zero-order valence-corrected chi connectivity index (χ0v) is 11.6. The van der Waals surface area contributed by atoms with Crippen molar-refractivity contribution in [3.8, 4) is 5.75 Å². The number of nitrogens with one attached hydrogen (secondary N) is 2. The van der Waals surface area contributed by atoms with Gasteiger partial charge in [-0.05, 0) is 24.6 Å². The first-order valence-corrected chi connectivity index (χ1v) is 6.10. The molecule has 6 nitrogen and oxygen atoms in total. The SMILES string of the molecule is COc1cc(Cl)c(C)cc1NC(=O)c1ccc(=O)[nH]n1. The van der Waals surface area contributed by atoms with Gasteiger partial charge in [0, 0.05) is 17.2 Å². The number of hydrogen-bond acceptors (Lipinski definition) is 4. The molecule has 0 aliphatic heterocycles. The van der Waals surface area contributed by atoms with Crippen molar-refractivity contribution in [2.75, 3.05) is 12.4 Å². The second-order valence-electron chi connectivity index (χ2n) is 4.06. The Kier molecular flexibility index (Phi) is 4.05. The summed E-state index contributed by atoms with van der Waals surface area (Å²) in [6.07, 6.45) is 0. The molecule has 2 aromatic rings. The molecule has 1 aromatic carbocycles. The number of anilines is 1. The highest BCUT2D eigenvalue weighted by Crippen LogP contribution is 2.31. The lowest BCUT2D eigenvalue weighted by Crippen LogP contribution is -2.18. The molecule has 1 amide bonds. The molecule has 7 heteroatoms. The number of H-pyrrole nitrogens is 1. The maximum absolute atomic E-state index is 12.0. The molecule has 0 spiro atoms. The Hall–Kier alpha value is -2.34. The Morgan fingerprint density at radius 2 is 2.15 bits per heavy atom. The van der Waals surface area contributed by atoms with Crippen molar-refractivity contribution in [3.05, 3.63) is 50.9 Å². The van der Waals surface area contributed by atoms with Gasteiger partial charge in [-0.1, -0.05) is 11.6 Å². The zero-order chi connectivity index (χ0) is 14.7. The summed E-state index contributed by atoms with van der Waals surface area (Å²) in [4.78, 5) is 22.9. The van der Waals surface area contributed by atoms with Crippen molar-refractivity contribution in [1.82, 2.24) is 10.2 Å². The molecule has 0 radical (unpaired) electrons. The summed E-state index contributed by atoms with van der Waals surface area (Å²) in [5.74, 6) is -0.0142. The number of rotatable bonds is 3. The fourth-order valence-electron chi connectivity index (χ4n) is 1.59. The number of aryl methyl sites for hydroxylation is 1. The molecule has 0 unspecified atom stereocenters. The molecular weight excluding hydrogens is 282 g/mol. The summed E-state index contributed by atoms with van der Waals surface area (Å²) in [5.41, 5.74) is 1.00. The van der Waals surface area contributed by atoms with E-state index >= 15 is 0 Å². The first kappa shape index (κ1) is 14.1. The van der Waals surface area contributed by atoms with Crippen molar-refractivity contribution in [2.24, 2.45) is 0 Å². The van der Waals surface area contributed by atoms with E-state index in [-0.39, 0.29) is 11.3 Å². The minimum absolute atomic E-state index is 0.0965. The Morgan fingerprint density at radius 3 is 2.75 bits per heavy atom. The first-order chi connectivity index (χ1) is 9.51. The number of carbonyl (C=O) groups excluding carboxylic acids is 1. The van der Waals surface area contributed by atoms with Crippen LogP contribution in [0.2, 0.25) is 5.02 Å². The Bertz CT molecular complexity index is 692. The monoisotopic (exact) mass is 293 g/mol. The van der Waals surface area contributed by atoms with Crippen LogP contribution >= 0.6 is 11.6 Å². The topological polar surface area (TPSA) is 84.1 Å². The predicted molar refractivity (Wildman–Crippen MR) is 75.6 cm³/mol. The van der Waals surface area contributed by atoms with Crippen LogP contribution in [0.25, 0.3) is 0 Å². The molecule has 1 aromatic heterocycles. The smallest absolute Gasteiger partial charge is 0.276 e. The molecular formula is C13H12ClN3O3. The van der Waals surface area contributed by atoms with Crippen molar-refractivity contribution in [1.29, 1.82) is 0 Å². The van der Waals surface area contributed by atoms with Crippen molar-refractivity contribution in [2.45, 2.75) is 6.92 Å². The number of aromatic amines is 1. The molecule has 1 heterocycles. The van der Waals surface area contributed by atoms with Gasteiger partial charge in [-0.2, -0.15) is 5.10 Å². The first-order valence-electron chi connectivity index (χ1n) is 5.72. The van der Waals surface area contributed by atoms with Gasteiger partial charge in [-0.25, -0.2) is 5.10 Å². The Balaban J connectivity index is 2.29. The van der Waals surface area contributed by atoms with Crippen LogP contribution in [0.1, 0.15) is 16.1 Å². The normalized spacial score (nSPS) is 10.2. The molecule has 104 valence electrons. The van der Waals surface area contributed by atoms with E-state index in [2.05, 4.69) is 15.5 Å². The fourth-order valence-corrected chi connectivity index (χ4v) is 1.74. The van der Waals surface area contributed by atoms with Crippen molar-refractivity contribution < 1.29 is 9.53 Å². The van der Waals surface area contributed by atoms with Crippen LogP contribution in [0.4, 0.5) is 5.69 Å². The second kappa shape index (κ2) is 5.75. The highest BCUT2D eigenvalue weighted by molar-refractivity contribution is 6.31. The highest BCUT2D eigenvalue weighted by Gasteiger charge is 2.13. The standard InChI is InChI=1S/C13H12ClN3O3/c1-7-5-10(11(20-2)6-8(7)14)15-13(19)9-3-4-12(18)17-16-9/h3-6H,1-2H3,(H,15,19)(H,17,18). The Morgan fingerprint density at radius 1 is 1.40 bits per heavy atom. The summed E-state index contributed by atoms with van der Waals surface area (Å²) in [7, 11) is 1.48. The summed E-state index contributed by atoms with van der Waals surface area (Å²) in [6, 6.07) is 5.88. The van der Waals surface area contributed by atoms with E-state index in [9.17, 15) is 9.59 Å². The summed E-state index contributed by atoms with van der Waals surface area (Å²) in [5, 5.41) is 9.05. The maximum atomic E-state index is 12.0. The number of halogens is 1. The van der Waals surface area contributed by atoms with E-state index in [1.54, 1.807) is 12.1 Å². The van der Waals surface area contributed by atoms with Crippen LogP contribution in [0, 0.1) is 6.92 Å². The number of methoxy groups -OCH3 is 1. The second-order valence-corrected chi connectivity index (χ2v) is 4.47. The van der Waals surface area contributed by atoms with E-state index in [0.29, 0.717) is 16.5 Å². The predicted octanol–water partition coefficient (Wildman–Crippen LogP) is 1.99. The van der Waals surface area contributed by atoms with Crippen LogP contribution in [-0.4, -0.2) is 23.2 Å². The van der Waals surface area contributed by atoms with Crippen LogP contribution < -0.4 is 15.6 Å². The number of aromatic nitrogens is 2. The van der Waals surface area contributed by atoms with Crippen LogP contribution in [-0.2, 0) is 0 Å². The number of nitrogens with zero attached hydrogens (tertiary/aromatic N) is 1. The van der Waals surface area contributed by atoms with Crippen LogP contribution in [0.3, 0.4) is 0 Å². The number of amides is 1. The van der Waals surface area contributed by atoms with E-state index in [1.165, 1.54) is 19.2 Å². The van der Waals surface area contributed by atoms with Gasteiger partial charge in [-0.3, -0.25) is 9.59 Å². The fraction of sp³-hybridized carbons (Fsp3) is 0.154. The third-order valence-corrected chi connectivity index (χ3v) is 3.05. The van der Waals surface area contributed by atoms with Gasteiger partial charge < -0.3 is 10.1 Å². The molecule has 0 fully saturated rings. The van der Waals surface area contributed by atoms with Crippen LogP contribution in [0.5, 0.6) is 5.75 Å². The van der Waals surface area contributed by atoms with Gasteiger partial charge in [0.2, 0.25) is 0 Å². The number of carbonyl (C=O) groups is 1. The number of hydrogen-bond donors (Lipinski definition) is 2. The van der Waals surface area contributed by atoms with Gasteiger partial charge in [0.15, 0.2) is 0 Å². The zero-order valence-electron chi connectivity index (χ0n) is 10.9. The van der Waals surface area contributed by atoms with Gasteiger partial charge >= 0.3 is 0 Å². The summed E-state index contributed by atoms with van der Waals surface area (Å²) >= 11 is 5.99. The molecule has 0 aliphatic rings. The average Bonchev–Trinajstić information content (AvgIpc) is 2.43. The highest BCUT2D eigenvalue weighted by atomic mass is 35.5. The largest absolute Gasteiger partial charge is 0.495 e. The van der Waals surface area contributed by atoms with Gasteiger partial charge in [0.1, 0.15) is 11.4 Å². The summed E-state index contributed by atoms with van der Waals surface area (Å²) in [6.45, 7) is 1.82. The molecule has 20 heavy (non-hydrogen) atoms. The van der Waals surface area contributed by atoms with E-state index < -0.39 is 5.91 Å². The van der Waals surface area contributed by atoms with E-state index in [4.69, 9.17) is 16.3 Å². The van der Waals surface area contributed by atoms with Crippen LogP contribution in [0.15, 0.2) is 29.1 Å². The molecule has 2 N–H and O–H groups in total. The average molecular weight is 294 g/mol. The third kappa shape index (κ3) is 2.97. The van der Waals surface area contributed by atoms with Gasteiger partial charge in [0.05, 0.1) is 12.8 Å². The van der Waals surface area contributed by atoms with Gasteiger partial charge in [-0.15, -0.1) is 0 Å². The minimum atomic E-state index is -0.457. The number of ether oxygens (including phenoxy) is 1.